The first kappa shape index (κ1) is 10.6. The predicted molar refractivity (Wildman–Crippen MR) is 49.1 cm³/mol. The van der Waals surface area contributed by atoms with Gasteiger partial charge in [0.15, 0.2) is 11.6 Å². The Bertz CT molecular complexity index is 370. The maximum Gasteiger partial charge on any atom is 0.411 e. The van der Waals surface area contributed by atoms with Crippen LogP contribution in [-0.4, -0.2) is 18.3 Å². The van der Waals surface area contributed by atoms with Crippen molar-refractivity contribution in [3.63, 3.8) is 0 Å². The second-order valence-electron chi connectivity index (χ2n) is 2.38. The summed E-state index contributed by atoms with van der Waals surface area (Å²) in [7, 11) is 1.17. The van der Waals surface area contributed by atoms with Crippen LogP contribution in [0.15, 0.2) is 12.1 Å². The van der Waals surface area contributed by atoms with E-state index in [0.29, 0.717) is 0 Å². The molecule has 0 aliphatic heterocycles. The molecule has 0 radical (unpaired) electrons. The quantitative estimate of drug-likeness (QED) is 0.713. The third-order valence-corrected chi connectivity index (χ3v) is 1.85. The molecule has 0 aliphatic carbocycles. The Balaban J connectivity index is 3.00. The van der Waals surface area contributed by atoms with Crippen LogP contribution >= 0.6 is 11.6 Å². The van der Waals surface area contributed by atoms with Crippen LogP contribution in [0.5, 0.6) is 5.75 Å². The van der Waals surface area contributed by atoms with E-state index in [4.69, 9.17) is 16.7 Å². The first-order valence-electron chi connectivity index (χ1n) is 3.58. The standard InChI is InChI=1S/C8H7ClFNO3/c1-14-8(13)11-4-2-3-5(12)7(10)6(4)9/h2-3,12H,1H3,(H,11,13). The van der Waals surface area contributed by atoms with E-state index >= 15 is 0 Å². The number of methoxy groups -OCH3 is 1. The Morgan fingerprint density at radius 1 is 1.64 bits per heavy atom. The van der Waals surface area contributed by atoms with Gasteiger partial charge in [0, 0.05) is 0 Å². The van der Waals surface area contributed by atoms with E-state index in [2.05, 4.69) is 10.1 Å². The Labute approximate surface area is 84.2 Å². The van der Waals surface area contributed by atoms with E-state index in [9.17, 15) is 9.18 Å². The molecule has 0 bridgehead atoms. The van der Waals surface area contributed by atoms with E-state index in [1.54, 1.807) is 0 Å². The number of halogens is 2. The summed E-state index contributed by atoms with van der Waals surface area (Å²) in [4.78, 5) is 10.8. The molecule has 0 aliphatic rings. The van der Waals surface area contributed by atoms with Crippen molar-refractivity contribution < 1.29 is 19.0 Å². The molecule has 1 amide bonds. The number of carbonyl (C=O) groups excluding carboxylic acids is 1. The summed E-state index contributed by atoms with van der Waals surface area (Å²) in [5.41, 5.74) is 0.0359. The summed E-state index contributed by atoms with van der Waals surface area (Å²) >= 11 is 5.49. The van der Waals surface area contributed by atoms with Crippen LogP contribution in [0, 0.1) is 5.82 Å². The Morgan fingerprint density at radius 2 is 2.29 bits per heavy atom. The van der Waals surface area contributed by atoms with Crippen LogP contribution in [0.2, 0.25) is 5.02 Å². The van der Waals surface area contributed by atoms with Crippen molar-refractivity contribution in [3.05, 3.63) is 23.0 Å². The number of aromatic hydroxyl groups is 1. The summed E-state index contributed by atoms with van der Waals surface area (Å²) in [6, 6.07) is 2.34. The lowest BCUT2D eigenvalue weighted by molar-refractivity contribution is 0.187. The summed E-state index contributed by atoms with van der Waals surface area (Å²) in [5.74, 6) is -1.56. The fourth-order valence-electron chi connectivity index (χ4n) is 0.797. The molecule has 0 atom stereocenters. The molecule has 1 aromatic rings. The normalized spacial score (nSPS) is 9.64. The summed E-state index contributed by atoms with van der Waals surface area (Å²) in [6.45, 7) is 0. The van der Waals surface area contributed by atoms with E-state index in [-0.39, 0.29) is 10.7 Å². The van der Waals surface area contributed by atoms with E-state index in [0.717, 1.165) is 6.07 Å². The van der Waals surface area contributed by atoms with Gasteiger partial charge in [-0.05, 0) is 12.1 Å². The van der Waals surface area contributed by atoms with Crippen molar-refractivity contribution in [2.75, 3.05) is 12.4 Å². The molecule has 0 fully saturated rings. The second-order valence-corrected chi connectivity index (χ2v) is 2.75. The molecule has 1 aromatic carbocycles. The highest BCUT2D eigenvalue weighted by Crippen LogP contribution is 2.30. The Hall–Kier alpha value is -1.49. The van der Waals surface area contributed by atoms with Crippen LogP contribution in [0.25, 0.3) is 0 Å². The van der Waals surface area contributed by atoms with Crippen molar-refractivity contribution in [3.8, 4) is 5.75 Å². The average molecular weight is 220 g/mol. The molecular weight excluding hydrogens is 213 g/mol. The van der Waals surface area contributed by atoms with E-state index in [1.165, 1.54) is 13.2 Å². The number of rotatable bonds is 1. The largest absolute Gasteiger partial charge is 0.505 e. The molecule has 6 heteroatoms. The number of phenols is 1. The van der Waals surface area contributed by atoms with Crippen LogP contribution in [-0.2, 0) is 4.74 Å². The van der Waals surface area contributed by atoms with Gasteiger partial charge < -0.3 is 9.84 Å². The highest BCUT2D eigenvalue weighted by atomic mass is 35.5. The lowest BCUT2D eigenvalue weighted by Crippen LogP contribution is -2.11. The van der Waals surface area contributed by atoms with Gasteiger partial charge in [-0.3, -0.25) is 5.32 Å². The van der Waals surface area contributed by atoms with Gasteiger partial charge in [-0.15, -0.1) is 0 Å². The third-order valence-electron chi connectivity index (χ3n) is 1.48. The first-order valence-corrected chi connectivity index (χ1v) is 3.96. The molecule has 0 aromatic heterocycles. The number of nitrogens with one attached hydrogen (secondary N) is 1. The monoisotopic (exact) mass is 219 g/mol. The SMILES string of the molecule is COC(=O)Nc1ccc(O)c(F)c1Cl. The van der Waals surface area contributed by atoms with Gasteiger partial charge in [-0.1, -0.05) is 11.6 Å². The molecule has 1 rings (SSSR count). The molecule has 76 valence electrons. The van der Waals surface area contributed by atoms with Gasteiger partial charge in [-0.2, -0.15) is 0 Å². The van der Waals surface area contributed by atoms with Gasteiger partial charge in [-0.25, -0.2) is 9.18 Å². The molecule has 0 saturated carbocycles. The van der Waals surface area contributed by atoms with Crippen molar-refractivity contribution in [2.45, 2.75) is 0 Å². The second kappa shape index (κ2) is 4.15. The highest BCUT2D eigenvalue weighted by Gasteiger charge is 2.12. The lowest BCUT2D eigenvalue weighted by atomic mass is 10.3. The summed E-state index contributed by atoms with van der Waals surface area (Å²) in [6.07, 6.45) is -0.767. The number of benzene rings is 1. The fourth-order valence-corrected chi connectivity index (χ4v) is 1.00. The molecule has 14 heavy (non-hydrogen) atoms. The van der Waals surface area contributed by atoms with Crippen LogP contribution < -0.4 is 5.32 Å². The maximum atomic E-state index is 13.0. The third kappa shape index (κ3) is 2.05. The Kier molecular flexibility index (Phi) is 3.14. The average Bonchev–Trinajstić information content (AvgIpc) is 2.19. The van der Waals surface area contributed by atoms with Crippen LogP contribution in [0.3, 0.4) is 0 Å². The molecular formula is C8H7ClFNO3. The number of carbonyl (C=O) groups is 1. The molecule has 0 unspecified atom stereocenters. The van der Waals surface area contributed by atoms with Crippen molar-refractivity contribution in [1.82, 2.24) is 0 Å². The number of anilines is 1. The summed E-state index contributed by atoms with van der Waals surface area (Å²) < 4.78 is 17.3. The number of amides is 1. The molecule has 4 nitrogen and oxygen atoms in total. The van der Waals surface area contributed by atoms with Crippen LogP contribution in [0.4, 0.5) is 14.9 Å². The van der Waals surface area contributed by atoms with Crippen molar-refractivity contribution in [2.24, 2.45) is 0 Å². The minimum absolute atomic E-state index is 0.0359. The van der Waals surface area contributed by atoms with Gasteiger partial charge in [0.25, 0.3) is 0 Å². The first-order chi connectivity index (χ1) is 6.56. The smallest absolute Gasteiger partial charge is 0.411 e. The van der Waals surface area contributed by atoms with Gasteiger partial charge in [0.2, 0.25) is 0 Å². The Morgan fingerprint density at radius 3 is 2.86 bits per heavy atom. The van der Waals surface area contributed by atoms with Crippen molar-refractivity contribution >= 4 is 23.4 Å². The topological polar surface area (TPSA) is 58.6 Å². The fraction of sp³-hybridized carbons (Fsp3) is 0.125. The van der Waals surface area contributed by atoms with Crippen LogP contribution in [0.1, 0.15) is 0 Å². The summed E-state index contributed by atoms with van der Waals surface area (Å²) in [5, 5.41) is 10.7. The molecule has 0 heterocycles. The minimum atomic E-state index is -0.986. The van der Waals surface area contributed by atoms with Crippen molar-refractivity contribution in [1.29, 1.82) is 0 Å². The molecule has 0 spiro atoms. The van der Waals surface area contributed by atoms with Gasteiger partial charge >= 0.3 is 6.09 Å². The zero-order valence-corrected chi connectivity index (χ0v) is 7.93. The maximum absolute atomic E-state index is 13.0. The number of phenolic OH excluding ortho intramolecular Hbond substituents is 1. The van der Waals surface area contributed by atoms with E-state index in [1.807, 2.05) is 0 Å². The van der Waals surface area contributed by atoms with Gasteiger partial charge in [0.05, 0.1) is 12.8 Å². The lowest BCUT2D eigenvalue weighted by Gasteiger charge is -2.06. The zero-order chi connectivity index (χ0) is 10.7. The van der Waals surface area contributed by atoms with E-state index < -0.39 is 17.7 Å². The van der Waals surface area contributed by atoms with Gasteiger partial charge in [0.1, 0.15) is 5.02 Å². The molecule has 0 saturated heterocycles. The minimum Gasteiger partial charge on any atom is -0.505 e. The molecule has 2 N–H and O–H groups in total. The zero-order valence-electron chi connectivity index (χ0n) is 7.17. The highest BCUT2D eigenvalue weighted by molar-refractivity contribution is 6.33. The number of hydrogen-bond acceptors (Lipinski definition) is 3. The number of ether oxygens (including phenoxy) is 1. The number of hydrogen-bond donors (Lipinski definition) is 2. The predicted octanol–water partition coefficient (Wildman–Crippen LogP) is 2.36.